The number of carbonyl (C=O) groups is 1. The summed E-state index contributed by atoms with van der Waals surface area (Å²) in [6.45, 7) is 2.07. The maximum Gasteiger partial charge on any atom is 0.230 e. The molecule has 0 saturated carbocycles. The zero-order valence-electron chi connectivity index (χ0n) is 16.8. The number of methoxy groups -OCH3 is 1. The number of likely N-dealkylation sites (N-methyl/N-ethyl adjacent to an activating group) is 1. The van der Waals surface area contributed by atoms with Gasteiger partial charge in [-0.15, -0.1) is 10.2 Å². The number of hydrogen-bond donors (Lipinski definition) is 0. The molecule has 0 saturated heterocycles. The molecule has 1 heterocycles. The van der Waals surface area contributed by atoms with Gasteiger partial charge in [-0.25, -0.2) is 0 Å². The first-order valence-corrected chi connectivity index (χ1v) is 9.38. The van der Waals surface area contributed by atoms with E-state index in [-0.39, 0.29) is 18.4 Å². The molecule has 1 amide bonds. The summed E-state index contributed by atoms with van der Waals surface area (Å²) >= 11 is 0. The minimum absolute atomic E-state index is 0.00443. The molecule has 0 bridgehead atoms. The fourth-order valence-corrected chi connectivity index (χ4v) is 3.37. The Bertz CT molecular complexity index is 937. The van der Waals surface area contributed by atoms with E-state index in [0.29, 0.717) is 5.82 Å². The molecule has 0 aliphatic rings. The summed E-state index contributed by atoms with van der Waals surface area (Å²) < 4.78 is 7.20. The highest BCUT2D eigenvalue weighted by Crippen LogP contribution is 2.27. The summed E-state index contributed by atoms with van der Waals surface area (Å²) in [5.74, 6) is 2.20. The Labute approximate surface area is 165 Å². The van der Waals surface area contributed by atoms with Crippen LogP contribution >= 0.6 is 0 Å². The van der Waals surface area contributed by atoms with E-state index in [9.17, 15) is 4.79 Å². The molecule has 2 aromatic carbocycles. The van der Waals surface area contributed by atoms with Crippen molar-refractivity contribution in [2.75, 3.05) is 14.2 Å². The second-order valence-corrected chi connectivity index (χ2v) is 6.75. The monoisotopic (exact) mass is 378 g/mol. The Morgan fingerprint density at radius 2 is 1.89 bits per heavy atom. The van der Waals surface area contributed by atoms with E-state index in [0.717, 1.165) is 29.1 Å². The van der Waals surface area contributed by atoms with E-state index in [1.165, 1.54) is 0 Å². The van der Waals surface area contributed by atoms with Crippen molar-refractivity contribution < 1.29 is 9.53 Å². The number of nitrogens with zero attached hydrogens (tertiary/aromatic N) is 4. The van der Waals surface area contributed by atoms with E-state index < -0.39 is 0 Å². The molecule has 0 spiro atoms. The fourth-order valence-electron chi connectivity index (χ4n) is 3.37. The van der Waals surface area contributed by atoms with Gasteiger partial charge >= 0.3 is 0 Å². The topological polar surface area (TPSA) is 60.2 Å². The highest BCUT2D eigenvalue weighted by atomic mass is 16.5. The number of aromatic nitrogens is 3. The minimum atomic E-state index is -0.0237. The maximum atomic E-state index is 13.0. The first-order valence-electron chi connectivity index (χ1n) is 9.38. The molecule has 1 aromatic heterocycles. The van der Waals surface area contributed by atoms with Gasteiger partial charge in [0.25, 0.3) is 0 Å². The average Bonchev–Trinajstić information content (AvgIpc) is 3.09. The predicted octanol–water partition coefficient (Wildman–Crippen LogP) is 3.64. The van der Waals surface area contributed by atoms with Gasteiger partial charge in [0.05, 0.1) is 19.6 Å². The van der Waals surface area contributed by atoms with Crippen LogP contribution in [0.1, 0.15) is 30.8 Å². The van der Waals surface area contributed by atoms with Gasteiger partial charge in [-0.05, 0) is 24.1 Å². The van der Waals surface area contributed by atoms with E-state index in [1.807, 2.05) is 73.3 Å². The average molecular weight is 378 g/mol. The van der Waals surface area contributed by atoms with Gasteiger partial charge in [0.15, 0.2) is 5.82 Å². The molecule has 0 fully saturated rings. The van der Waals surface area contributed by atoms with Gasteiger partial charge in [-0.1, -0.05) is 49.4 Å². The van der Waals surface area contributed by atoms with Crippen LogP contribution in [0.2, 0.25) is 0 Å². The zero-order chi connectivity index (χ0) is 20.1. The Morgan fingerprint density at radius 3 is 2.57 bits per heavy atom. The number of carbonyl (C=O) groups excluding carboxylic acids is 1. The number of benzene rings is 2. The normalized spacial score (nSPS) is 11.9. The molecule has 1 atom stereocenters. The van der Waals surface area contributed by atoms with Crippen LogP contribution in [-0.4, -0.2) is 39.7 Å². The van der Waals surface area contributed by atoms with Crippen LogP contribution in [0.4, 0.5) is 0 Å². The van der Waals surface area contributed by atoms with Crippen LogP contribution in [0.5, 0.6) is 5.75 Å². The smallest absolute Gasteiger partial charge is 0.230 e. The number of ether oxygens (including phenoxy) is 1. The number of amides is 1. The third-order valence-corrected chi connectivity index (χ3v) is 5.03. The lowest BCUT2D eigenvalue weighted by atomic mass is 10.0. The van der Waals surface area contributed by atoms with Gasteiger partial charge in [-0.2, -0.15) is 0 Å². The van der Waals surface area contributed by atoms with Crippen molar-refractivity contribution in [2.45, 2.75) is 25.8 Å². The largest absolute Gasteiger partial charge is 0.497 e. The maximum absolute atomic E-state index is 13.0. The van der Waals surface area contributed by atoms with Crippen LogP contribution in [0.15, 0.2) is 54.6 Å². The van der Waals surface area contributed by atoms with Gasteiger partial charge in [-0.3, -0.25) is 4.79 Å². The van der Waals surface area contributed by atoms with Crippen molar-refractivity contribution in [3.8, 4) is 17.1 Å². The lowest BCUT2D eigenvalue weighted by molar-refractivity contribution is -0.131. The summed E-state index contributed by atoms with van der Waals surface area (Å²) in [7, 11) is 5.38. The van der Waals surface area contributed by atoms with Crippen molar-refractivity contribution in [3.63, 3.8) is 0 Å². The van der Waals surface area contributed by atoms with Crippen molar-refractivity contribution >= 4 is 5.91 Å². The molecule has 28 heavy (non-hydrogen) atoms. The standard InChI is InChI=1S/C22H26N4O2/c1-5-19(17-12-9-13-18(14-17)28-4)25(2)21(27)15-20-23-24-22(26(20)3)16-10-7-6-8-11-16/h6-14,19H,5,15H2,1-4H3. The molecule has 0 radical (unpaired) electrons. The van der Waals surface area contributed by atoms with Crippen LogP contribution in [0.25, 0.3) is 11.4 Å². The van der Waals surface area contributed by atoms with Crippen LogP contribution < -0.4 is 4.74 Å². The quantitative estimate of drug-likeness (QED) is 0.630. The van der Waals surface area contributed by atoms with Gasteiger partial charge in [0.1, 0.15) is 11.6 Å². The Balaban J connectivity index is 1.77. The van der Waals surface area contributed by atoms with Crippen molar-refractivity contribution in [3.05, 3.63) is 66.0 Å². The van der Waals surface area contributed by atoms with E-state index in [1.54, 1.807) is 12.0 Å². The first-order chi connectivity index (χ1) is 13.5. The Kier molecular flexibility index (Phi) is 6.09. The highest BCUT2D eigenvalue weighted by molar-refractivity contribution is 5.78. The lowest BCUT2D eigenvalue weighted by Gasteiger charge is -2.28. The van der Waals surface area contributed by atoms with Crippen molar-refractivity contribution in [1.29, 1.82) is 0 Å². The third-order valence-electron chi connectivity index (χ3n) is 5.03. The highest BCUT2D eigenvalue weighted by Gasteiger charge is 2.23. The van der Waals surface area contributed by atoms with E-state index in [2.05, 4.69) is 17.1 Å². The Morgan fingerprint density at radius 1 is 1.14 bits per heavy atom. The SMILES string of the molecule is CCC(c1cccc(OC)c1)N(C)C(=O)Cc1nnc(-c2ccccc2)n1C. The molecule has 0 N–H and O–H groups in total. The summed E-state index contributed by atoms with van der Waals surface area (Å²) in [4.78, 5) is 14.7. The molecule has 6 nitrogen and oxygen atoms in total. The first kappa shape index (κ1) is 19.6. The Hall–Kier alpha value is -3.15. The number of rotatable bonds is 7. The zero-order valence-corrected chi connectivity index (χ0v) is 16.8. The van der Waals surface area contributed by atoms with Gasteiger partial charge < -0.3 is 14.2 Å². The molecule has 6 heteroatoms. The summed E-state index contributed by atoms with van der Waals surface area (Å²) in [5, 5.41) is 8.52. The van der Waals surface area contributed by atoms with Crippen LogP contribution in [0.3, 0.4) is 0 Å². The second-order valence-electron chi connectivity index (χ2n) is 6.75. The predicted molar refractivity (Wildman–Crippen MR) is 109 cm³/mol. The van der Waals surface area contributed by atoms with Gasteiger partial charge in [0, 0.05) is 19.7 Å². The molecule has 3 rings (SSSR count). The summed E-state index contributed by atoms with van der Waals surface area (Å²) in [5.41, 5.74) is 2.04. The van der Waals surface area contributed by atoms with E-state index >= 15 is 0 Å². The molecular weight excluding hydrogens is 352 g/mol. The summed E-state index contributed by atoms with van der Waals surface area (Å²) in [6, 6.07) is 17.7. The number of hydrogen-bond acceptors (Lipinski definition) is 4. The molecule has 146 valence electrons. The third kappa shape index (κ3) is 4.06. The lowest BCUT2D eigenvalue weighted by Crippen LogP contribution is -2.32. The fraction of sp³-hybridized carbons (Fsp3) is 0.318. The molecule has 0 aliphatic heterocycles. The van der Waals surface area contributed by atoms with E-state index in [4.69, 9.17) is 4.74 Å². The van der Waals surface area contributed by atoms with Crippen molar-refractivity contribution in [2.24, 2.45) is 7.05 Å². The second kappa shape index (κ2) is 8.69. The molecule has 1 unspecified atom stereocenters. The summed E-state index contributed by atoms with van der Waals surface area (Å²) in [6.07, 6.45) is 1.01. The van der Waals surface area contributed by atoms with Crippen molar-refractivity contribution in [1.82, 2.24) is 19.7 Å². The molecule has 3 aromatic rings. The van der Waals surface area contributed by atoms with Crippen LogP contribution in [0, 0.1) is 0 Å². The van der Waals surface area contributed by atoms with Crippen LogP contribution in [-0.2, 0) is 18.3 Å². The van der Waals surface area contributed by atoms with Gasteiger partial charge in [0.2, 0.25) is 5.91 Å². The minimum Gasteiger partial charge on any atom is -0.497 e. The molecule has 0 aliphatic carbocycles. The molecular formula is C22H26N4O2.